The van der Waals surface area contributed by atoms with Crippen molar-refractivity contribution in [3.8, 4) is 0 Å². The molecule has 1 aromatic heterocycles. The van der Waals surface area contributed by atoms with Gasteiger partial charge in [0.1, 0.15) is 5.82 Å². The van der Waals surface area contributed by atoms with E-state index in [1.54, 1.807) is 53.4 Å². The molecule has 3 aromatic rings. The summed E-state index contributed by atoms with van der Waals surface area (Å²) in [5.41, 5.74) is 1.60. The number of carbonyl (C=O) groups excluding carboxylic acids is 2. The third-order valence-electron chi connectivity index (χ3n) is 5.24. The zero-order valence-electron chi connectivity index (χ0n) is 16.7. The number of amides is 2. The maximum Gasteiger partial charge on any atom is 0.291 e. The van der Waals surface area contributed by atoms with Crippen molar-refractivity contribution in [1.82, 2.24) is 9.80 Å². The van der Waals surface area contributed by atoms with Gasteiger partial charge in [0.25, 0.3) is 11.8 Å². The average molecular weight is 442 g/mol. The Hall–Kier alpha value is -3.16. The van der Waals surface area contributed by atoms with Crippen LogP contribution in [0.3, 0.4) is 0 Å². The van der Waals surface area contributed by atoms with Gasteiger partial charge < -0.3 is 14.6 Å². The topological polar surface area (TPSA) is 65.8 Å². The molecule has 31 heavy (non-hydrogen) atoms. The van der Waals surface area contributed by atoms with Gasteiger partial charge in [0, 0.05) is 54.6 Å². The van der Waals surface area contributed by atoms with E-state index >= 15 is 0 Å². The molecule has 0 radical (unpaired) electrons. The third-order valence-corrected chi connectivity index (χ3v) is 5.59. The zero-order chi connectivity index (χ0) is 21.8. The number of hydrogen-bond acceptors (Lipinski definition) is 4. The average Bonchev–Trinajstić information content (AvgIpc) is 3.32. The Balaban J connectivity index is 1.32. The molecular formula is C23H21ClFN3O3. The molecule has 1 saturated heterocycles. The van der Waals surface area contributed by atoms with Crippen molar-refractivity contribution in [3.63, 3.8) is 0 Å². The van der Waals surface area contributed by atoms with Gasteiger partial charge in [0.05, 0.1) is 6.26 Å². The lowest BCUT2D eigenvalue weighted by atomic mass is 10.1. The second-order valence-electron chi connectivity index (χ2n) is 7.28. The molecule has 0 aliphatic carbocycles. The SMILES string of the molecule is O=C(Nc1ccc(C(=O)N2CCN(Cc3c(F)cccc3Cl)CC2)cc1)c1ccco1. The molecule has 0 unspecified atom stereocenters. The monoisotopic (exact) mass is 441 g/mol. The van der Waals surface area contributed by atoms with Crippen LogP contribution in [0.5, 0.6) is 0 Å². The van der Waals surface area contributed by atoms with Crippen LogP contribution in [0.1, 0.15) is 26.5 Å². The van der Waals surface area contributed by atoms with Crippen molar-refractivity contribution in [2.45, 2.75) is 6.54 Å². The van der Waals surface area contributed by atoms with Crippen LogP contribution in [-0.4, -0.2) is 47.8 Å². The predicted octanol–water partition coefficient (Wildman–Crippen LogP) is 4.28. The van der Waals surface area contributed by atoms with Gasteiger partial charge in [-0.25, -0.2) is 4.39 Å². The number of anilines is 1. The van der Waals surface area contributed by atoms with Gasteiger partial charge in [-0.1, -0.05) is 17.7 Å². The van der Waals surface area contributed by atoms with Gasteiger partial charge in [-0.3, -0.25) is 14.5 Å². The fraction of sp³-hybridized carbons (Fsp3) is 0.217. The summed E-state index contributed by atoms with van der Waals surface area (Å²) in [6, 6.07) is 14.6. The van der Waals surface area contributed by atoms with E-state index in [2.05, 4.69) is 10.2 Å². The smallest absolute Gasteiger partial charge is 0.291 e. The quantitative estimate of drug-likeness (QED) is 0.641. The van der Waals surface area contributed by atoms with Crippen LogP contribution < -0.4 is 5.32 Å². The summed E-state index contributed by atoms with van der Waals surface area (Å²) in [6.07, 6.45) is 1.43. The number of nitrogens with zero attached hydrogens (tertiary/aromatic N) is 2. The Morgan fingerprint density at radius 3 is 2.39 bits per heavy atom. The molecule has 1 fully saturated rings. The minimum absolute atomic E-state index is 0.0764. The largest absolute Gasteiger partial charge is 0.459 e. The summed E-state index contributed by atoms with van der Waals surface area (Å²) in [6.45, 7) is 2.77. The van der Waals surface area contributed by atoms with Crippen LogP contribution in [0.4, 0.5) is 10.1 Å². The maximum atomic E-state index is 14.0. The fourth-order valence-electron chi connectivity index (χ4n) is 3.50. The Morgan fingerprint density at radius 2 is 1.74 bits per heavy atom. The molecule has 0 atom stereocenters. The first-order valence-electron chi connectivity index (χ1n) is 9.91. The van der Waals surface area contributed by atoms with Crippen molar-refractivity contribution in [2.24, 2.45) is 0 Å². The summed E-state index contributed by atoms with van der Waals surface area (Å²) < 4.78 is 19.1. The molecule has 0 saturated carbocycles. The highest BCUT2D eigenvalue weighted by Gasteiger charge is 2.23. The van der Waals surface area contributed by atoms with Crippen LogP contribution in [-0.2, 0) is 6.54 Å². The highest BCUT2D eigenvalue weighted by molar-refractivity contribution is 6.31. The standard InChI is InChI=1S/C23H21ClFN3O3/c24-19-3-1-4-20(25)18(19)15-27-10-12-28(13-11-27)23(30)16-6-8-17(9-7-16)26-22(29)21-5-2-14-31-21/h1-9,14H,10-13,15H2,(H,26,29). The lowest BCUT2D eigenvalue weighted by molar-refractivity contribution is 0.0627. The minimum Gasteiger partial charge on any atom is -0.459 e. The summed E-state index contributed by atoms with van der Waals surface area (Å²) in [7, 11) is 0. The predicted molar refractivity (Wildman–Crippen MR) is 116 cm³/mol. The van der Waals surface area contributed by atoms with E-state index in [9.17, 15) is 14.0 Å². The van der Waals surface area contributed by atoms with Crippen LogP contribution >= 0.6 is 11.6 Å². The number of benzene rings is 2. The van der Waals surface area contributed by atoms with Crippen molar-refractivity contribution < 1.29 is 18.4 Å². The Labute approximate surface area is 184 Å². The second-order valence-corrected chi connectivity index (χ2v) is 7.68. The Bertz CT molecular complexity index is 1040. The van der Waals surface area contributed by atoms with Gasteiger partial charge in [0.15, 0.2) is 5.76 Å². The van der Waals surface area contributed by atoms with Gasteiger partial charge in [-0.2, -0.15) is 0 Å². The molecule has 0 spiro atoms. The van der Waals surface area contributed by atoms with Crippen molar-refractivity contribution in [3.05, 3.63) is 88.6 Å². The van der Waals surface area contributed by atoms with Crippen LogP contribution in [0.25, 0.3) is 0 Å². The van der Waals surface area contributed by atoms with E-state index in [4.69, 9.17) is 16.0 Å². The fourth-order valence-corrected chi connectivity index (χ4v) is 3.72. The van der Waals surface area contributed by atoms with Crippen LogP contribution in [0.15, 0.2) is 65.3 Å². The number of hydrogen-bond donors (Lipinski definition) is 1. The lowest BCUT2D eigenvalue weighted by Gasteiger charge is -2.35. The van der Waals surface area contributed by atoms with E-state index in [-0.39, 0.29) is 23.4 Å². The van der Waals surface area contributed by atoms with E-state index in [1.165, 1.54) is 12.3 Å². The molecule has 2 amide bonds. The second kappa shape index (κ2) is 9.32. The molecule has 160 valence electrons. The molecule has 2 heterocycles. The molecule has 1 N–H and O–H groups in total. The van der Waals surface area contributed by atoms with Gasteiger partial charge in [-0.15, -0.1) is 0 Å². The van der Waals surface area contributed by atoms with E-state index in [0.717, 1.165) is 0 Å². The normalized spacial score (nSPS) is 14.5. The lowest BCUT2D eigenvalue weighted by Crippen LogP contribution is -2.48. The van der Waals surface area contributed by atoms with Crippen LogP contribution in [0.2, 0.25) is 5.02 Å². The summed E-state index contributed by atoms with van der Waals surface area (Å²) in [4.78, 5) is 28.7. The summed E-state index contributed by atoms with van der Waals surface area (Å²) in [5, 5.41) is 3.14. The molecule has 8 heteroatoms. The zero-order valence-corrected chi connectivity index (χ0v) is 17.4. The molecule has 6 nitrogen and oxygen atoms in total. The van der Waals surface area contributed by atoms with Crippen molar-refractivity contribution in [2.75, 3.05) is 31.5 Å². The highest BCUT2D eigenvalue weighted by atomic mass is 35.5. The highest BCUT2D eigenvalue weighted by Crippen LogP contribution is 2.22. The first-order chi connectivity index (χ1) is 15.0. The molecule has 1 aliphatic rings. The van der Waals surface area contributed by atoms with Gasteiger partial charge in [0.2, 0.25) is 0 Å². The van der Waals surface area contributed by atoms with Crippen molar-refractivity contribution >= 4 is 29.1 Å². The summed E-state index contributed by atoms with van der Waals surface area (Å²) in [5.74, 6) is -0.525. The number of carbonyl (C=O) groups is 2. The number of piperazine rings is 1. The molecule has 4 rings (SSSR count). The van der Waals surface area contributed by atoms with Gasteiger partial charge >= 0.3 is 0 Å². The third kappa shape index (κ3) is 4.95. The molecule has 2 aromatic carbocycles. The van der Waals surface area contributed by atoms with E-state index in [1.807, 2.05) is 0 Å². The molecule has 1 aliphatic heterocycles. The Morgan fingerprint density at radius 1 is 1.00 bits per heavy atom. The summed E-state index contributed by atoms with van der Waals surface area (Å²) >= 11 is 6.12. The number of halogens is 2. The number of furan rings is 1. The number of nitrogens with one attached hydrogen (secondary N) is 1. The molecule has 0 bridgehead atoms. The van der Waals surface area contributed by atoms with E-state index < -0.39 is 0 Å². The Kier molecular flexibility index (Phi) is 6.34. The van der Waals surface area contributed by atoms with E-state index in [0.29, 0.717) is 54.6 Å². The van der Waals surface area contributed by atoms with Gasteiger partial charge in [-0.05, 0) is 48.5 Å². The first kappa shape index (κ1) is 21.1. The minimum atomic E-state index is -0.352. The molecular weight excluding hydrogens is 421 g/mol. The van der Waals surface area contributed by atoms with Crippen LogP contribution in [0, 0.1) is 5.82 Å². The first-order valence-corrected chi connectivity index (χ1v) is 10.3. The van der Waals surface area contributed by atoms with Crippen molar-refractivity contribution in [1.29, 1.82) is 0 Å². The maximum absolute atomic E-state index is 14.0. The number of rotatable bonds is 5.